The summed E-state index contributed by atoms with van der Waals surface area (Å²) in [6.45, 7) is 14.9. The number of ketones is 2. The molecule has 1 saturated heterocycles. The molecule has 22 nitrogen and oxygen atoms in total. The van der Waals surface area contributed by atoms with Crippen molar-refractivity contribution < 1.29 is 63.0 Å². The molecule has 4 atom stereocenters. The summed E-state index contributed by atoms with van der Waals surface area (Å²) in [5, 5.41) is 32.1. The van der Waals surface area contributed by atoms with E-state index >= 15 is 0 Å². The number of Topliss-reactive ketones (excluding diaryl/α,β-unsaturated/α-hetero) is 2. The van der Waals surface area contributed by atoms with Gasteiger partial charge < -0.3 is 58.8 Å². The van der Waals surface area contributed by atoms with E-state index in [9.17, 15) is 47.9 Å². The molecule has 0 radical (unpaired) electrons. The number of nitrogens with one attached hydrogen (secondary N) is 5. The fourth-order valence-electron chi connectivity index (χ4n) is 6.89. The van der Waals surface area contributed by atoms with Gasteiger partial charge in [-0.2, -0.15) is 0 Å². The van der Waals surface area contributed by atoms with Gasteiger partial charge in [0, 0.05) is 68.4 Å². The number of amides is 9. The molecular formula is C52H77N9O13. The highest BCUT2D eigenvalue weighted by Gasteiger charge is 2.33. The number of urea groups is 2. The average Bonchev–Trinajstić information content (AvgIpc) is 3.68. The lowest BCUT2D eigenvalue weighted by Gasteiger charge is -2.24. The van der Waals surface area contributed by atoms with Crippen LogP contribution in [0.25, 0.3) is 0 Å². The number of benzene rings is 2. The fourth-order valence-corrected chi connectivity index (χ4v) is 6.89. The summed E-state index contributed by atoms with van der Waals surface area (Å²) in [6, 6.07) is 10.9. The lowest BCUT2D eigenvalue weighted by molar-refractivity contribution is -0.197. The number of nitrogens with two attached hydrogens (primary N) is 3. The summed E-state index contributed by atoms with van der Waals surface area (Å²) < 4.78 is 0. The third kappa shape index (κ3) is 26.4. The van der Waals surface area contributed by atoms with Gasteiger partial charge in [-0.1, -0.05) is 64.1 Å². The molecule has 1 fully saturated rings. The van der Waals surface area contributed by atoms with Gasteiger partial charge in [-0.15, -0.1) is 18.2 Å². The SMILES string of the molecule is C=CCCC(=O)N[C@H](C(=O)C[C@@H](CCCNC(N)=O)C(=O)Nc1ccc(CO)cc1)C(C)C.C=CCCC(=O)ON1C(=O)CCC1=O.CC(C)[C@H](N)C(=O)C[C@@H](CCCNC(N)=O)C(=O)Nc1ccc(CO)cc1. The minimum Gasteiger partial charge on any atom is -0.392 e. The maximum Gasteiger partial charge on any atom is 0.333 e. The number of carbonyl (C=O) groups excluding carboxylic acids is 10. The number of primary amides is 2. The Labute approximate surface area is 433 Å². The van der Waals surface area contributed by atoms with Gasteiger partial charge in [0.25, 0.3) is 11.8 Å². The predicted molar refractivity (Wildman–Crippen MR) is 277 cm³/mol. The zero-order valence-corrected chi connectivity index (χ0v) is 43.0. The lowest BCUT2D eigenvalue weighted by Crippen LogP contribution is -2.45. The van der Waals surface area contributed by atoms with E-state index in [1.54, 1.807) is 60.7 Å². The standard InChI is InChI=1S/C24H36N4O5.C19H30N4O4.C9H11NO4/c1-4-5-8-21(31)28-22(16(2)3)20(30)14-18(7-6-13-26-24(25)33)23(32)27-19-11-9-17(15-29)10-12-19;1-12(2)17(20)16(25)10-14(4-3-9-22-19(21)27)18(26)23-15-7-5-13(11-24)6-8-15;1-2-3-4-9(13)14-10-7(11)5-6-8(10)12/h4,9-12,16,18,22,29H,1,5-8,13-15H2,2-3H3,(H,27,32)(H,28,31)(H3,25,26,33);5-8,12,14,17,24H,3-4,9-11,20H2,1-2H3,(H,23,26)(H3,21,22,27);2H,1,3-6H2/t18-,22+;14-,17+;/m11./s1. The molecule has 13 N–H and O–H groups in total. The molecular weight excluding hydrogens is 959 g/mol. The first-order valence-electron chi connectivity index (χ1n) is 24.5. The van der Waals surface area contributed by atoms with Gasteiger partial charge in [-0.3, -0.25) is 33.6 Å². The van der Waals surface area contributed by atoms with Crippen LogP contribution in [0.1, 0.15) is 116 Å². The van der Waals surface area contributed by atoms with E-state index in [1.807, 2.05) is 27.7 Å². The Morgan fingerprint density at radius 1 is 0.662 bits per heavy atom. The molecule has 1 aliphatic rings. The molecule has 22 heteroatoms. The molecule has 0 spiro atoms. The topological polar surface area (TPSA) is 362 Å². The van der Waals surface area contributed by atoms with Crippen molar-refractivity contribution in [3.8, 4) is 0 Å². The summed E-state index contributed by atoms with van der Waals surface area (Å²) in [4.78, 5) is 122. The smallest absolute Gasteiger partial charge is 0.333 e. The van der Waals surface area contributed by atoms with Gasteiger partial charge in [0.05, 0.1) is 31.7 Å². The Morgan fingerprint density at radius 2 is 1.08 bits per heavy atom. The number of hydrogen-bond donors (Lipinski definition) is 10. The zero-order valence-electron chi connectivity index (χ0n) is 43.0. The fraction of sp³-hybridized carbons (Fsp3) is 0.500. The summed E-state index contributed by atoms with van der Waals surface area (Å²) in [6.07, 6.45) is 6.50. The van der Waals surface area contributed by atoms with Gasteiger partial charge in [-0.25, -0.2) is 14.4 Å². The van der Waals surface area contributed by atoms with E-state index in [2.05, 4.69) is 44.6 Å². The number of rotatable bonds is 30. The van der Waals surface area contributed by atoms with Gasteiger partial charge in [0.1, 0.15) is 0 Å². The number of carbonyl (C=O) groups is 10. The van der Waals surface area contributed by atoms with Crippen molar-refractivity contribution in [3.05, 3.63) is 85.0 Å². The third-order valence-corrected chi connectivity index (χ3v) is 11.2. The highest BCUT2D eigenvalue weighted by atomic mass is 16.7. The number of hydrogen-bond acceptors (Lipinski definition) is 14. The molecule has 1 heterocycles. The molecule has 408 valence electrons. The third-order valence-electron chi connectivity index (χ3n) is 11.2. The molecule has 3 rings (SSSR count). The molecule has 0 bridgehead atoms. The van der Waals surface area contributed by atoms with Crippen molar-refractivity contribution in [2.24, 2.45) is 40.9 Å². The Bertz CT molecular complexity index is 2170. The molecule has 74 heavy (non-hydrogen) atoms. The van der Waals surface area contributed by atoms with E-state index in [0.29, 0.717) is 67.1 Å². The second-order valence-corrected chi connectivity index (χ2v) is 18.0. The van der Waals surface area contributed by atoms with Gasteiger partial charge in [0.15, 0.2) is 11.6 Å². The van der Waals surface area contributed by atoms with Crippen LogP contribution in [-0.2, 0) is 56.4 Å². The number of aliphatic hydroxyl groups excluding tert-OH is 2. The Morgan fingerprint density at radius 3 is 1.46 bits per heavy atom. The summed E-state index contributed by atoms with van der Waals surface area (Å²) in [7, 11) is 0. The first kappa shape index (κ1) is 64.7. The largest absolute Gasteiger partial charge is 0.392 e. The van der Waals surface area contributed by atoms with E-state index in [4.69, 9.17) is 27.4 Å². The first-order chi connectivity index (χ1) is 35.1. The number of aliphatic hydroxyl groups is 2. The molecule has 0 unspecified atom stereocenters. The van der Waals surface area contributed by atoms with E-state index in [0.717, 1.165) is 5.56 Å². The van der Waals surface area contributed by atoms with Crippen LogP contribution in [0.3, 0.4) is 0 Å². The number of imide groups is 1. The van der Waals surface area contributed by atoms with Crippen LogP contribution in [0.4, 0.5) is 21.0 Å². The molecule has 2 aromatic rings. The summed E-state index contributed by atoms with van der Waals surface area (Å²) in [5.74, 6) is -4.12. The van der Waals surface area contributed by atoms with Crippen LogP contribution >= 0.6 is 0 Å². The predicted octanol–water partition coefficient (Wildman–Crippen LogP) is 3.93. The Balaban J connectivity index is 0.000000597. The van der Waals surface area contributed by atoms with Gasteiger partial charge in [-0.05, 0) is 85.8 Å². The number of anilines is 2. The second-order valence-electron chi connectivity index (χ2n) is 18.0. The van der Waals surface area contributed by atoms with E-state index < -0.39 is 53.8 Å². The van der Waals surface area contributed by atoms with Crippen molar-refractivity contribution >= 4 is 70.5 Å². The highest BCUT2D eigenvalue weighted by molar-refractivity contribution is 6.01. The minimum atomic E-state index is -0.704. The van der Waals surface area contributed by atoms with Crippen molar-refractivity contribution in [3.63, 3.8) is 0 Å². The molecule has 1 aliphatic heterocycles. The first-order valence-corrected chi connectivity index (χ1v) is 24.5. The van der Waals surface area contributed by atoms with E-state index in [-0.39, 0.29) is 99.4 Å². The number of nitrogens with zero attached hydrogens (tertiary/aromatic N) is 1. The highest BCUT2D eigenvalue weighted by Crippen LogP contribution is 2.21. The zero-order chi connectivity index (χ0) is 55.8. The van der Waals surface area contributed by atoms with Crippen LogP contribution in [0.5, 0.6) is 0 Å². The summed E-state index contributed by atoms with van der Waals surface area (Å²) >= 11 is 0. The van der Waals surface area contributed by atoms with Crippen LogP contribution in [0, 0.1) is 23.7 Å². The van der Waals surface area contributed by atoms with Gasteiger partial charge in [0.2, 0.25) is 17.7 Å². The van der Waals surface area contributed by atoms with E-state index in [1.165, 1.54) is 0 Å². The van der Waals surface area contributed by atoms with Crippen LogP contribution in [0.15, 0.2) is 73.8 Å². The normalized spacial score (nSPS) is 13.3. The molecule has 9 amide bonds. The Hall–Kier alpha value is -7.30. The number of allylic oxidation sites excluding steroid dienone is 2. The molecule has 0 saturated carbocycles. The minimum absolute atomic E-state index is 0.0104. The quantitative estimate of drug-likeness (QED) is 0.0301. The van der Waals surface area contributed by atoms with Crippen LogP contribution in [-0.4, -0.2) is 99.6 Å². The Kier molecular flexibility index (Phi) is 31.3. The lowest BCUT2D eigenvalue weighted by atomic mass is 9.89. The van der Waals surface area contributed by atoms with Crippen LogP contribution < -0.4 is 43.8 Å². The molecule has 0 aromatic heterocycles. The van der Waals surface area contributed by atoms with Gasteiger partial charge >= 0.3 is 18.0 Å². The number of hydroxylamine groups is 2. The van der Waals surface area contributed by atoms with Crippen molar-refractivity contribution in [1.29, 1.82) is 0 Å². The second kappa shape index (κ2) is 35.8. The molecule has 2 aromatic carbocycles. The summed E-state index contributed by atoms with van der Waals surface area (Å²) in [5.41, 5.74) is 18.6. The average molecular weight is 1040 g/mol. The van der Waals surface area contributed by atoms with Crippen molar-refractivity contribution in [2.45, 2.75) is 130 Å². The molecule has 0 aliphatic carbocycles. The van der Waals surface area contributed by atoms with Crippen molar-refractivity contribution in [1.82, 2.24) is 21.0 Å². The maximum atomic E-state index is 13.1. The maximum absolute atomic E-state index is 13.1. The van der Waals surface area contributed by atoms with Crippen molar-refractivity contribution in [2.75, 3.05) is 23.7 Å². The monoisotopic (exact) mass is 1040 g/mol. The van der Waals surface area contributed by atoms with Crippen LogP contribution in [0.2, 0.25) is 0 Å².